The molecule has 0 saturated carbocycles. The fourth-order valence-corrected chi connectivity index (χ4v) is 1.52. The van der Waals surface area contributed by atoms with Crippen LogP contribution < -0.4 is 5.32 Å². The molecule has 1 N–H and O–H groups in total. The van der Waals surface area contributed by atoms with Crippen LogP contribution in [0.4, 0.5) is 13.2 Å². The average Bonchev–Trinajstić information content (AvgIpc) is 2.25. The Morgan fingerprint density at radius 3 is 2.29 bits per heavy atom. The first-order chi connectivity index (χ1) is 7.85. The largest absolute Gasteiger partial charge is 0.311 e. The molecule has 0 heterocycles. The Morgan fingerprint density at radius 2 is 1.71 bits per heavy atom. The number of hydrogen-bond acceptors (Lipinski definition) is 2. The number of halogens is 3. The highest BCUT2D eigenvalue weighted by Crippen LogP contribution is 2.20. The van der Waals surface area contributed by atoms with Crippen LogP contribution in [0.15, 0.2) is 12.1 Å². The summed E-state index contributed by atoms with van der Waals surface area (Å²) in [5.41, 5.74) is 0.140. The van der Waals surface area contributed by atoms with Gasteiger partial charge in [-0.15, -0.1) is 0 Å². The van der Waals surface area contributed by atoms with Crippen molar-refractivity contribution in [3.8, 4) is 0 Å². The molecule has 5 heteroatoms. The van der Waals surface area contributed by atoms with Gasteiger partial charge in [0.25, 0.3) is 0 Å². The fourth-order valence-electron chi connectivity index (χ4n) is 1.27. The number of hydrogen-bond donors (Lipinski definition) is 1. The van der Waals surface area contributed by atoms with E-state index in [0.29, 0.717) is 12.6 Å². The Hall–Kier alpha value is -0.680. The number of thioether (sulfide) groups is 1. The maximum atomic E-state index is 13.3. The highest BCUT2D eigenvalue weighted by molar-refractivity contribution is 7.99. The van der Waals surface area contributed by atoms with E-state index in [1.54, 1.807) is 11.8 Å². The summed E-state index contributed by atoms with van der Waals surface area (Å²) in [6, 6.07) is 1.47. The van der Waals surface area contributed by atoms with Crippen LogP contribution in [0.1, 0.15) is 19.4 Å². The topological polar surface area (TPSA) is 12.0 Å². The first-order valence-electron chi connectivity index (χ1n) is 5.25. The average molecular weight is 263 g/mol. The van der Waals surface area contributed by atoms with Gasteiger partial charge in [-0.25, -0.2) is 13.2 Å². The lowest BCUT2D eigenvalue weighted by molar-refractivity contribution is 0.485. The minimum Gasteiger partial charge on any atom is -0.311 e. The zero-order valence-electron chi connectivity index (χ0n) is 10.1. The number of nitrogens with one attached hydrogen (secondary N) is 1. The predicted octanol–water partition coefficient (Wildman–Crippen LogP) is 3.34. The molecule has 0 aliphatic rings. The molecule has 1 rings (SSSR count). The second-order valence-corrected chi connectivity index (χ2v) is 5.94. The zero-order valence-corrected chi connectivity index (χ0v) is 10.9. The van der Waals surface area contributed by atoms with Gasteiger partial charge in [-0.3, -0.25) is 0 Å². The van der Waals surface area contributed by atoms with Crippen molar-refractivity contribution in [2.45, 2.75) is 25.1 Å². The van der Waals surface area contributed by atoms with Crippen molar-refractivity contribution >= 4 is 11.8 Å². The molecule has 0 fully saturated rings. The lowest BCUT2D eigenvalue weighted by atomic mass is 10.1. The first-order valence-corrected chi connectivity index (χ1v) is 6.47. The Kier molecular flexibility index (Phi) is 4.89. The molecule has 0 atom stereocenters. The second-order valence-electron chi connectivity index (χ2n) is 4.43. The van der Waals surface area contributed by atoms with Crippen molar-refractivity contribution in [2.75, 3.05) is 12.8 Å². The smallest absolute Gasteiger partial charge is 0.161 e. The van der Waals surface area contributed by atoms with Gasteiger partial charge in [0.1, 0.15) is 5.82 Å². The summed E-state index contributed by atoms with van der Waals surface area (Å²) < 4.78 is 38.9. The van der Waals surface area contributed by atoms with Crippen LogP contribution in [0, 0.1) is 17.5 Å². The maximum absolute atomic E-state index is 13.3. The molecular formula is C12H16F3NS. The molecule has 96 valence electrons. The lowest BCUT2D eigenvalue weighted by Gasteiger charge is -2.22. The van der Waals surface area contributed by atoms with Gasteiger partial charge in [-0.1, -0.05) is 0 Å². The highest BCUT2D eigenvalue weighted by atomic mass is 32.2. The molecule has 0 bridgehead atoms. The van der Waals surface area contributed by atoms with Crippen LogP contribution in [0.2, 0.25) is 0 Å². The van der Waals surface area contributed by atoms with Crippen LogP contribution >= 0.6 is 11.8 Å². The van der Waals surface area contributed by atoms with E-state index in [4.69, 9.17) is 0 Å². The Labute approximate surface area is 104 Å². The molecule has 0 radical (unpaired) electrons. The summed E-state index contributed by atoms with van der Waals surface area (Å²) in [5, 5.41) is 3.03. The molecule has 0 saturated heterocycles. The van der Waals surface area contributed by atoms with E-state index in [-0.39, 0.29) is 16.9 Å². The minimum absolute atomic E-state index is 0.0229. The molecule has 1 nitrogen and oxygen atoms in total. The van der Waals surface area contributed by atoms with Crippen molar-refractivity contribution in [3.63, 3.8) is 0 Å². The molecule has 0 aromatic heterocycles. The van der Waals surface area contributed by atoms with E-state index in [2.05, 4.69) is 5.32 Å². The van der Waals surface area contributed by atoms with Gasteiger partial charge in [-0.2, -0.15) is 11.8 Å². The third-order valence-electron chi connectivity index (χ3n) is 2.51. The summed E-state index contributed by atoms with van der Waals surface area (Å²) >= 11 is 1.68. The van der Waals surface area contributed by atoms with E-state index in [9.17, 15) is 13.2 Å². The van der Waals surface area contributed by atoms with E-state index in [1.807, 2.05) is 20.1 Å². The van der Waals surface area contributed by atoms with Gasteiger partial charge >= 0.3 is 0 Å². The van der Waals surface area contributed by atoms with Crippen molar-refractivity contribution in [2.24, 2.45) is 0 Å². The molecule has 0 unspecified atom stereocenters. The molecule has 0 amide bonds. The molecule has 0 spiro atoms. The molecular weight excluding hydrogens is 247 g/mol. The van der Waals surface area contributed by atoms with Crippen molar-refractivity contribution < 1.29 is 13.2 Å². The van der Waals surface area contributed by atoms with Gasteiger partial charge < -0.3 is 5.32 Å². The van der Waals surface area contributed by atoms with Gasteiger partial charge in [0.2, 0.25) is 0 Å². The van der Waals surface area contributed by atoms with E-state index in [0.717, 1.165) is 6.07 Å². The quantitative estimate of drug-likeness (QED) is 0.818. The molecule has 17 heavy (non-hydrogen) atoms. The van der Waals surface area contributed by atoms with Gasteiger partial charge in [0.15, 0.2) is 11.6 Å². The van der Waals surface area contributed by atoms with Gasteiger partial charge in [0, 0.05) is 29.5 Å². The van der Waals surface area contributed by atoms with Crippen LogP contribution in [-0.4, -0.2) is 17.5 Å². The summed E-state index contributed by atoms with van der Waals surface area (Å²) in [5.74, 6) is -2.90. The summed E-state index contributed by atoms with van der Waals surface area (Å²) in [6.07, 6.45) is 1.99. The summed E-state index contributed by atoms with van der Waals surface area (Å²) in [4.78, 5) is 0. The van der Waals surface area contributed by atoms with Crippen molar-refractivity contribution in [3.05, 3.63) is 35.1 Å². The van der Waals surface area contributed by atoms with Crippen LogP contribution in [-0.2, 0) is 6.54 Å². The first kappa shape index (κ1) is 14.4. The SMILES string of the molecule is CSC(C)(C)CNCc1cc(F)c(F)cc1F. The van der Waals surface area contributed by atoms with Crippen LogP contribution in [0.25, 0.3) is 0 Å². The third-order valence-corrected chi connectivity index (χ3v) is 3.76. The standard InChI is InChI=1S/C12H16F3NS/c1-12(2,17-3)7-16-6-8-4-10(14)11(15)5-9(8)13/h4-5,16H,6-7H2,1-3H3. The zero-order chi connectivity index (χ0) is 13.1. The maximum Gasteiger partial charge on any atom is 0.161 e. The minimum atomic E-state index is -1.16. The third kappa shape index (κ3) is 4.24. The highest BCUT2D eigenvalue weighted by Gasteiger charge is 2.16. The molecule has 1 aromatic rings. The summed E-state index contributed by atoms with van der Waals surface area (Å²) in [7, 11) is 0. The van der Waals surface area contributed by atoms with Crippen LogP contribution in [0.3, 0.4) is 0 Å². The monoisotopic (exact) mass is 263 g/mol. The van der Waals surface area contributed by atoms with Gasteiger partial charge in [-0.05, 0) is 26.2 Å². The Morgan fingerprint density at radius 1 is 1.12 bits per heavy atom. The predicted molar refractivity (Wildman–Crippen MR) is 65.6 cm³/mol. The summed E-state index contributed by atoms with van der Waals surface area (Å²) in [6.45, 7) is 4.94. The van der Waals surface area contributed by atoms with Crippen molar-refractivity contribution in [1.82, 2.24) is 5.32 Å². The Balaban J connectivity index is 2.61. The van der Waals surface area contributed by atoms with E-state index < -0.39 is 17.5 Å². The Bertz CT molecular complexity index is 394. The fraction of sp³-hybridized carbons (Fsp3) is 0.500. The molecule has 1 aromatic carbocycles. The van der Waals surface area contributed by atoms with Gasteiger partial charge in [0.05, 0.1) is 0 Å². The van der Waals surface area contributed by atoms with Crippen molar-refractivity contribution in [1.29, 1.82) is 0 Å². The lowest BCUT2D eigenvalue weighted by Crippen LogP contribution is -2.31. The second kappa shape index (κ2) is 5.78. The number of benzene rings is 1. The van der Waals surface area contributed by atoms with Crippen LogP contribution in [0.5, 0.6) is 0 Å². The van der Waals surface area contributed by atoms with E-state index in [1.165, 1.54) is 0 Å². The number of rotatable bonds is 5. The molecule has 0 aliphatic carbocycles. The normalized spacial score (nSPS) is 11.9. The molecule has 0 aliphatic heterocycles. The van der Waals surface area contributed by atoms with E-state index >= 15 is 0 Å².